The Morgan fingerprint density at radius 1 is 1.14 bits per heavy atom. The van der Waals surface area contributed by atoms with Gasteiger partial charge in [0.05, 0.1) is 22.2 Å². The summed E-state index contributed by atoms with van der Waals surface area (Å²) in [5, 5.41) is 3.26. The van der Waals surface area contributed by atoms with Gasteiger partial charge in [-0.15, -0.1) is 0 Å². The molecule has 5 rings (SSSR count). The highest BCUT2D eigenvalue weighted by atomic mass is 35.5. The van der Waals surface area contributed by atoms with Gasteiger partial charge in [0.2, 0.25) is 5.52 Å². The highest BCUT2D eigenvalue weighted by molar-refractivity contribution is 8.04. The summed E-state index contributed by atoms with van der Waals surface area (Å²) in [7, 11) is -8.42. The molecule has 0 amide bonds. The zero-order valence-corrected chi connectivity index (χ0v) is 23.3. The molecule has 2 heterocycles. The Balaban J connectivity index is 1.71. The van der Waals surface area contributed by atoms with Crippen molar-refractivity contribution in [3.8, 4) is 0 Å². The molecule has 0 unspecified atom stereocenters. The van der Waals surface area contributed by atoms with E-state index < -0.39 is 32.0 Å². The molecular formula is C23H21ClN3O6S4+. The fourth-order valence-electron chi connectivity index (χ4n) is 4.03. The number of nitrogens with zero attached hydrogens (tertiary/aromatic N) is 2. The van der Waals surface area contributed by atoms with Crippen LogP contribution in [0.25, 0.3) is 27.1 Å². The zero-order chi connectivity index (χ0) is 26.4. The van der Waals surface area contributed by atoms with Gasteiger partial charge in [0, 0.05) is 16.5 Å². The molecule has 0 atom stereocenters. The first-order valence-electron chi connectivity index (χ1n) is 10.9. The van der Waals surface area contributed by atoms with Crippen molar-refractivity contribution >= 4 is 87.7 Å². The molecule has 0 bridgehead atoms. The third-order valence-electron chi connectivity index (χ3n) is 5.46. The number of fused-ring (bicyclic) bond motifs is 4. The number of benzene rings is 3. The Hall–Kier alpha value is -2.23. The molecule has 194 valence electrons. The van der Waals surface area contributed by atoms with Crippen LogP contribution in [-0.2, 0) is 30.4 Å². The molecular weight excluding hydrogens is 578 g/mol. The normalized spacial score (nSPS) is 15.2. The fourth-order valence-corrected chi connectivity index (χ4v) is 8.16. The summed E-state index contributed by atoms with van der Waals surface area (Å²) in [5.41, 5.74) is 3.64. The topological polar surface area (TPSA) is 117 Å². The van der Waals surface area contributed by atoms with Crippen molar-refractivity contribution in [1.29, 1.82) is 0 Å². The quantitative estimate of drug-likeness (QED) is 0.171. The Kier molecular flexibility index (Phi) is 7.24. The van der Waals surface area contributed by atoms with Gasteiger partial charge in [-0.05, 0) is 35.7 Å². The minimum atomic E-state index is -4.39. The summed E-state index contributed by atoms with van der Waals surface area (Å²) >= 11 is 8.82. The second kappa shape index (κ2) is 10.2. The highest BCUT2D eigenvalue weighted by Gasteiger charge is 2.33. The molecule has 14 heteroatoms. The summed E-state index contributed by atoms with van der Waals surface area (Å²) in [6, 6.07) is 16.6. The molecule has 0 spiro atoms. The van der Waals surface area contributed by atoms with Gasteiger partial charge in [0.1, 0.15) is 4.70 Å². The summed E-state index contributed by atoms with van der Waals surface area (Å²) in [5.74, 6) is -1.16. The van der Waals surface area contributed by atoms with Gasteiger partial charge in [-0.25, -0.2) is 0 Å². The number of thiazole rings is 1. The minimum Gasteiger partial charge on any atom is -0.317 e. The van der Waals surface area contributed by atoms with Crippen LogP contribution in [0.15, 0.2) is 64.5 Å². The van der Waals surface area contributed by atoms with Crippen molar-refractivity contribution < 1.29 is 30.2 Å². The highest BCUT2D eigenvalue weighted by Crippen LogP contribution is 2.48. The number of anilines is 1. The standard InChI is InChI=1S/C23H20ClN3O6S4/c1-2-25-33-37(31,32)14-27-22(35-20-9-7-15-5-3-4-6-17(15)23(20)27)12-21-26(13-36(28,29)30)18-11-16(24)8-10-19(18)34-21/h3-12,25H,2,13-14H2,1H3/p+1. The Morgan fingerprint density at radius 2 is 1.92 bits per heavy atom. The van der Waals surface area contributed by atoms with E-state index in [1.165, 1.54) is 28.0 Å². The van der Waals surface area contributed by atoms with Gasteiger partial charge in [0.15, 0.2) is 5.88 Å². The van der Waals surface area contributed by atoms with Crippen LogP contribution < -0.4 is 14.9 Å². The van der Waals surface area contributed by atoms with E-state index in [1.54, 1.807) is 35.8 Å². The molecule has 0 fully saturated rings. The van der Waals surface area contributed by atoms with E-state index in [9.17, 15) is 21.4 Å². The first-order chi connectivity index (χ1) is 17.5. The maximum atomic E-state index is 12.8. The van der Waals surface area contributed by atoms with E-state index >= 15 is 0 Å². The van der Waals surface area contributed by atoms with Gasteiger partial charge < -0.3 is 4.90 Å². The van der Waals surface area contributed by atoms with Crippen LogP contribution in [0, 0.1) is 0 Å². The van der Waals surface area contributed by atoms with Gasteiger partial charge in [-0.1, -0.05) is 65.9 Å². The van der Waals surface area contributed by atoms with Crippen molar-refractivity contribution in [3.05, 3.63) is 69.7 Å². The van der Waals surface area contributed by atoms with Gasteiger partial charge in [0.25, 0.3) is 21.0 Å². The van der Waals surface area contributed by atoms with Crippen LogP contribution in [0.5, 0.6) is 0 Å². The summed E-state index contributed by atoms with van der Waals surface area (Å²) < 4.78 is 66.4. The Labute approximate surface area is 227 Å². The van der Waals surface area contributed by atoms with Crippen molar-refractivity contribution in [1.82, 2.24) is 5.48 Å². The molecule has 1 aliphatic heterocycles. The molecule has 1 aromatic heterocycles. The van der Waals surface area contributed by atoms with Gasteiger partial charge >= 0.3 is 10.1 Å². The van der Waals surface area contributed by atoms with E-state index in [-0.39, 0.29) is 0 Å². The molecule has 0 saturated heterocycles. The van der Waals surface area contributed by atoms with Crippen LogP contribution in [0.4, 0.5) is 5.69 Å². The van der Waals surface area contributed by atoms with Crippen molar-refractivity contribution in [2.45, 2.75) is 17.7 Å². The predicted octanol–water partition coefficient (Wildman–Crippen LogP) is 4.58. The van der Waals surface area contributed by atoms with Gasteiger partial charge in [-0.3, -0.25) is 4.55 Å². The lowest BCUT2D eigenvalue weighted by Gasteiger charge is -2.18. The minimum absolute atomic E-state index is 0.302. The number of halogens is 1. The molecule has 0 radical (unpaired) electrons. The lowest BCUT2D eigenvalue weighted by Crippen LogP contribution is -2.41. The smallest absolute Gasteiger partial charge is 0.317 e. The molecule has 4 aromatic rings. The van der Waals surface area contributed by atoms with E-state index in [0.29, 0.717) is 32.8 Å². The maximum absolute atomic E-state index is 12.8. The van der Waals surface area contributed by atoms with Crippen LogP contribution >= 0.6 is 34.7 Å². The van der Waals surface area contributed by atoms with E-state index in [2.05, 4.69) is 5.48 Å². The SMILES string of the molecule is CCNOS(=O)(=O)C[n+]1c(C=C2Sc3ccc(Cl)cc3N2CS(=O)(=O)O)sc2ccc3ccccc3c21. The number of hydrogen-bond donors (Lipinski definition) is 2. The summed E-state index contributed by atoms with van der Waals surface area (Å²) in [4.78, 5) is 2.19. The van der Waals surface area contributed by atoms with Crippen molar-refractivity contribution in [3.63, 3.8) is 0 Å². The molecule has 0 saturated carbocycles. The molecule has 2 N–H and O–H groups in total. The molecule has 37 heavy (non-hydrogen) atoms. The lowest BCUT2D eigenvalue weighted by atomic mass is 10.1. The Morgan fingerprint density at radius 3 is 2.68 bits per heavy atom. The first kappa shape index (κ1) is 26.4. The third kappa shape index (κ3) is 5.64. The summed E-state index contributed by atoms with van der Waals surface area (Å²) in [6.07, 6.45) is 1.71. The predicted molar refractivity (Wildman–Crippen MR) is 147 cm³/mol. The average molecular weight is 599 g/mol. The second-order valence-corrected chi connectivity index (χ2v) is 13.6. The third-order valence-corrected chi connectivity index (χ3v) is 9.44. The van der Waals surface area contributed by atoms with Gasteiger partial charge in [-0.2, -0.15) is 31.2 Å². The average Bonchev–Trinajstić information content (AvgIpc) is 3.34. The zero-order valence-electron chi connectivity index (χ0n) is 19.3. The van der Waals surface area contributed by atoms with E-state index in [0.717, 1.165) is 20.4 Å². The summed E-state index contributed by atoms with van der Waals surface area (Å²) in [6.45, 7) is 2.02. The van der Waals surface area contributed by atoms with Crippen LogP contribution in [-0.4, -0.2) is 33.8 Å². The number of hydrogen-bond acceptors (Lipinski definition) is 9. The maximum Gasteiger partial charge on any atom is 0.345 e. The second-order valence-electron chi connectivity index (χ2n) is 8.11. The fraction of sp³-hybridized carbons (Fsp3) is 0.174. The molecule has 3 aromatic carbocycles. The molecule has 1 aliphatic rings. The number of rotatable bonds is 8. The number of nitrogens with one attached hydrogen (secondary N) is 1. The largest absolute Gasteiger partial charge is 0.345 e. The Bertz CT molecular complexity index is 1770. The molecule has 0 aliphatic carbocycles. The lowest BCUT2D eigenvalue weighted by molar-refractivity contribution is -0.648. The number of hydroxylamine groups is 1. The van der Waals surface area contributed by atoms with Crippen LogP contribution in [0.1, 0.15) is 11.9 Å². The van der Waals surface area contributed by atoms with Crippen LogP contribution in [0.2, 0.25) is 5.02 Å². The molecule has 9 nitrogen and oxygen atoms in total. The van der Waals surface area contributed by atoms with Crippen LogP contribution in [0.3, 0.4) is 0 Å². The first-order valence-corrected chi connectivity index (χ1v) is 16.1. The number of thioether (sulfide) groups is 1. The van der Waals surface area contributed by atoms with E-state index in [1.807, 2.05) is 36.4 Å². The number of aromatic nitrogens is 1. The van der Waals surface area contributed by atoms with Crippen molar-refractivity contribution in [2.75, 3.05) is 17.3 Å². The monoisotopic (exact) mass is 598 g/mol. The van der Waals surface area contributed by atoms with E-state index in [4.69, 9.17) is 15.9 Å². The van der Waals surface area contributed by atoms with Crippen molar-refractivity contribution in [2.24, 2.45) is 0 Å².